The van der Waals surface area contributed by atoms with E-state index in [-0.39, 0.29) is 11.9 Å². The summed E-state index contributed by atoms with van der Waals surface area (Å²) in [6, 6.07) is 1.65. The highest BCUT2D eigenvalue weighted by Gasteiger charge is 2.53. The molecule has 0 radical (unpaired) electrons. The summed E-state index contributed by atoms with van der Waals surface area (Å²) >= 11 is 0. The number of rotatable bonds is 14. The van der Waals surface area contributed by atoms with Gasteiger partial charge in [-0.25, -0.2) is 0 Å². The second-order valence-corrected chi connectivity index (χ2v) is 17.5. The molecule has 0 aromatic heterocycles. The van der Waals surface area contributed by atoms with Gasteiger partial charge in [0.05, 0.1) is 5.92 Å². The van der Waals surface area contributed by atoms with Crippen molar-refractivity contribution < 1.29 is 22.5 Å². The van der Waals surface area contributed by atoms with Crippen molar-refractivity contribution in [2.24, 2.45) is 5.92 Å². The highest BCUT2D eigenvalue weighted by atomic mass is 28.4. The van der Waals surface area contributed by atoms with Crippen LogP contribution in [0.3, 0.4) is 0 Å². The molecular formula is C25H50O5Si2. The largest absolute Gasteiger partial charge is 0.518 e. The molecule has 0 aromatic carbocycles. The van der Waals surface area contributed by atoms with Gasteiger partial charge in [-0.05, 0) is 42.8 Å². The minimum atomic E-state index is -2.82. The average molecular weight is 487 g/mol. The van der Waals surface area contributed by atoms with Gasteiger partial charge in [-0.3, -0.25) is 4.79 Å². The number of hydrogen-bond acceptors (Lipinski definition) is 5. The molecule has 0 aliphatic heterocycles. The van der Waals surface area contributed by atoms with Crippen molar-refractivity contribution in [1.29, 1.82) is 0 Å². The third-order valence-electron chi connectivity index (χ3n) is 8.20. The lowest BCUT2D eigenvalue weighted by Gasteiger charge is -2.47. The van der Waals surface area contributed by atoms with Crippen LogP contribution in [-0.4, -0.2) is 44.4 Å². The topological polar surface area (TPSA) is 54.0 Å². The second-order valence-electron chi connectivity index (χ2n) is 10.3. The predicted molar refractivity (Wildman–Crippen MR) is 135 cm³/mol. The molecule has 2 aliphatic rings. The summed E-state index contributed by atoms with van der Waals surface area (Å²) in [6.07, 6.45) is 18.0. The summed E-state index contributed by atoms with van der Waals surface area (Å²) in [6.45, 7) is 4.24. The standard InChI is InChI=1S/C25H50O5Si2/c1-6-7-8-15-20-31(23-16-11-9-12-17-23,24-18-13-10-14-19-24)30-25(26)22(2)21-32(27-3,28-4)29-5/h22-24H,6-21H2,1-5H3. The van der Waals surface area contributed by atoms with Gasteiger partial charge in [0.1, 0.15) is 0 Å². The van der Waals surface area contributed by atoms with E-state index < -0.39 is 17.1 Å². The van der Waals surface area contributed by atoms with E-state index in [1.54, 1.807) is 21.3 Å². The van der Waals surface area contributed by atoms with E-state index in [0.717, 1.165) is 0 Å². The minimum absolute atomic E-state index is 0.0219. The molecule has 1 atom stereocenters. The van der Waals surface area contributed by atoms with Gasteiger partial charge >= 0.3 is 8.80 Å². The highest BCUT2D eigenvalue weighted by molar-refractivity contribution is 6.78. The van der Waals surface area contributed by atoms with E-state index >= 15 is 0 Å². The molecule has 0 spiro atoms. The first-order chi connectivity index (χ1) is 15.5. The van der Waals surface area contributed by atoms with Gasteiger partial charge in [0, 0.05) is 27.4 Å². The maximum absolute atomic E-state index is 13.6. The first-order valence-corrected chi connectivity index (χ1v) is 17.6. The molecule has 2 fully saturated rings. The van der Waals surface area contributed by atoms with Gasteiger partial charge in [0.15, 0.2) is 0 Å². The molecule has 5 nitrogen and oxygen atoms in total. The molecule has 0 aromatic rings. The fraction of sp³-hybridized carbons (Fsp3) is 0.960. The van der Waals surface area contributed by atoms with Gasteiger partial charge in [-0.1, -0.05) is 78.1 Å². The minimum Gasteiger partial charge on any atom is -0.518 e. The fourth-order valence-corrected chi connectivity index (χ4v) is 14.2. The van der Waals surface area contributed by atoms with E-state index in [4.69, 9.17) is 17.7 Å². The molecule has 0 heterocycles. The molecule has 188 valence electrons. The Bertz CT molecular complexity index is 502. The fourth-order valence-electron chi connectivity index (χ4n) is 6.22. The van der Waals surface area contributed by atoms with Gasteiger partial charge in [-0.2, -0.15) is 0 Å². The van der Waals surface area contributed by atoms with Crippen LogP contribution in [0.15, 0.2) is 0 Å². The third-order valence-corrected chi connectivity index (χ3v) is 16.8. The monoisotopic (exact) mass is 486 g/mol. The molecule has 0 saturated heterocycles. The Kier molecular flexibility index (Phi) is 12.5. The highest BCUT2D eigenvalue weighted by Crippen LogP contribution is 2.51. The molecule has 0 bridgehead atoms. The predicted octanol–water partition coefficient (Wildman–Crippen LogP) is 7.24. The summed E-state index contributed by atoms with van der Waals surface area (Å²) in [5.74, 6) is -0.289. The smallest absolute Gasteiger partial charge is 0.501 e. The molecule has 0 amide bonds. The maximum Gasteiger partial charge on any atom is 0.501 e. The van der Waals surface area contributed by atoms with E-state index in [0.29, 0.717) is 17.1 Å². The Morgan fingerprint density at radius 2 is 1.31 bits per heavy atom. The second kappa shape index (κ2) is 14.2. The Labute approximate surface area is 199 Å². The van der Waals surface area contributed by atoms with Crippen LogP contribution in [0.1, 0.15) is 104 Å². The lowest BCUT2D eigenvalue weighted by Crippen LogP contribution is -2.52. The van der Waals surface area contributed by atoms with Crippen LogP contribution in [0, 0.1) is 5.92 Å². The number of carbonyl (C=O) groups excluding carboxylic acids is 1. The summed E-state index contributed by atoms with van der Waals surface area (Å²) in [4.78, 5) is 13.6. The SMILES string of the molecule is CCCCCC[Si](OC(=O)C(C)C[Si](OC)(OC)OC)(C1CCCCC1)C1CCCCC1. The van der Waals surface area contributed by atoms with Crippen molar-refractivity contribution in [2.75, 3.05) is 21.3 Å². The summed E-state index contributed by atoms with van der Waals surface area (Å²) in [5, 5.41) is 0. The van der Waals surface area contributed by atoms with Crippen molar-refractivity contribution in [2.45, 2.75) is 127 Å². The Balaban J connectivity index is 2.26. The van der Waals surface area contributed by atoms with Crippen molar-refractivity contribution in [1.82, 2.24) is 0 Å². The zero-order valence-electron chi connectivity index (χ0n) is 21.6. The van der Waals surface area contributed by atoms with E-state index in [2.05, 4.69) is 6.92 Å². The average Bonchev–Trinajstić information content (AvgIpc) is 2.85. The van der Waals surface area contributed by atoms with Crippen molar-refractivity contribution in [3.63, 3.8) is 0 Å². The van der Waals surface area contributed by atoms with Crippen LogP contribution in [-0.2, 0) is 22.5 Å². The van der Waals surface area contributed by atoms with Crippen LogP contribution in [0.4, 0.5) is 0 Å². The maximum atomic E-state index is 13.6. The normalized spacial score (nSPS) is 20.3. The molecule has 2 saturated carbocycles. The first-order valence-electron chi connectivity index (χ1n) is 13.3. The van der Waals surface area contributed by atoms with E-state index in [1.165, 1.54) is 95.9 Å². The van der Waals surface area contributed by atoms with E-state index in [1.807, 2.05) is 6.92 Å². The van der Waals surface area contributed by atoms with Crippen LogP contribution >= 0.6 is 0 Å². The van der Waals surface area contributed by atoms with Crippen molar-refractivity contribution >= 4 is 23.1 Å². The Morgan fingerprint density at radius 1 is 0.812 bits per heavy atom. The van der Waals surface area contributed by atoms with Crippen LogP contribution in [0.2, 0.25) is 23.2 Å². The Hall–Kier alpha value is -0.216. The molecule has 0 N–H and O–H groups in total. The molecule has 32 heavy (non-hydrogen) atoms. The lowest BCUT2D eigenvalue weighted by molar-refractivity contribution is -0.139. The van der Waals surface area contributed by atoms with Gasteiger partial charge in [0.25, 0.3) is 14.3 Å². The summed E-state index contributed by atoms with van der Waals surface area (Å²) in [5.41, 5.74) is 1.29. The van der Waals surface area contributed by atoms with E-state index in [9.17, 15) is 4.79 Å². The molecular weight excluding hydrogens is 436 g/mol. The van der Waals surface area contributed by atoms with Crippen LogP contribution in [0.25, 0.3) is 0 Å². The number of carbonyl (C=O) groups is 1. The van der Waals surface area contributed by atoms with Crippen molar-refractivity contribution in [3.05, 3.63) is 0 Å². The molecule has 2 rings (SSSR count). The van der Waals surface area contributed by atoms with Gasteiger partial charge in [0.2, 0.25) is 0 Å². The lowest BCUT2D eigenvalue weighted by atomic mass is 9.99. The van der Waals surface area contributed by atoms with Crippen molar-refractivity contribution in [3.8, 4) is 0 Å². The Morgan fingerprint density at radius 3 is 1.75 bits per heavy atom. The van der Waals surface area contributed by atoms with Crippen LogP contribution < -0.4 is 0 Å². The number of unbranched alkanes of at least 4 members (excludes halogenated alkanes) is 3. The third kappa shape index (κ3) is 7.39. The zero-order valence-corrected chi connectivity index (χ0v) is 23.6. The van der Waals surface area contributed by atoms with Gasteiger partial charge in [-0.15, -0.1) is 0 Å². The molecule has 7 heteroatoms. The molecule has 2 aliphatic carbocycles. The van der Waals surface area contributed by atoms with Gasteiger partial charge < -0.3 is 17.7 Å². The first kappa shape index (κ1) is 28.0. The number of hydrogen-bond donors (Lipinski definition) is 0. The quantitative estimate of drug-likeness (QED) is 0.191. The molecule has 1 unspecified atom stereocenters. The van der Waals surface area contributed by atoms with Crippen LogP contribution in [0.5, 0.6) is 0 Å². The summed E-state index contributed by atoms with van der Waals surface area (Å²) < 4.78 is 23.7. The zero-order chi connectivity index (χ0) is 23.5. The summed E-state index contributed by atoms with van der Waals surface area (Å²) in [7, 11) is -0.194.